The fourth-order valence-corrected chi connectivity index (χ4v) is 4.44. The molecule has 3 rings (SSSR count). The summed E-state index contributed by atoms with van der Waals surface area (Å²) in [6, 6.07) is 9.73. The molecule has 1 aromatic carbocycles. The van der Waals surface area contributed by atoms with Gasteiger partial charge in [-0.2, -0.15) is 0 Å². The van der Waals surface area contributed by atoms with Crippen molar-refractivity contribution in [3.05, 3.63) is 41.1 Å². The Hall–Kier alpha value is -0.940. The number of nitrogens with zero attached hydrogens (tertiary/aromatic N) is 1. The standard InChI is InChI=1S/C19H29NO3/c1-13-15-16(23-19(5,6)22-15)17(18(2,3)4)20(13,21)12-14-10-8-7-9-11-14/h7-11,13,15-17H,12H2,1-6H3/t13-,15-,16-,17-,20?/m1/s1. The van der Waals surface area contributed by atoms with Gasteiger partial charge in [0, 0.05) is 11.0 Å². The molecule has 128 valence electrons. The van der Waals surface area contributed by atoms with Crippen LogP contribution in [0.5, 0.6) is 0 Å². The van der Waals surface area contributed by atoms with Crippen LogP contribution in [-0.4, -0.2) is 34.7 Å². The van der Waals surface area contributed by atoms with Crippen LogP contribution in [0.3, 0.4) is 0 Å². The van der Waals surface area contributed by atoms with Gasteiger partial charge in [0.05, 0.1) is 0 Å². The lowest BCUT2D eigenvalue weighted by Crippen LogP contribution is -2.58. The second-order valence-corrected chi connectivity index (χ2v) is 8.61. The van der Waals surface area contributed by atoms with Gasteiger partial charge in [-0.3, -0.25) is 0 Å². The van der Waals surface area contributed by atoms with E-state index in [1.54, 1.807) is 0 Å². The second-order valence-electron chi connectivity index (χ2n) is 8.61. The van der Waals surface area contributed by atoms with Crippen molar-refractivity contribution in [2.75, 3.05) is 0 Å². The van der Waals surface area contributed by atoms with Gasteiger partial charge in [0.2, 0.25) is 0 Å². The van der Waals surface area contributed by atoms with Crippen LogP contribution >= 0.6 is 0 Å². The smallest absolute Gasteiger partial charge is 0.164 e. The normalized spacial score (nSPS) is 39.4. The van der Waals surface area contributed by atoms with Gasteiger partial charge < -0.3 is 19.3 Å². The van der Waals surface area contributed by atoms with E-state index in [-0.39, 0.29) is 34.4 Å². The Morgan fingerprint density at radius 3 is 2.22 bits per heavy atom. The van der Waals surface area contributed by atoms with Crippen LogP contribution in [0.25, 0.3) is 0 Å². The summed E-state index contributed by atoms with van der Waals surface area (Å²) in [7, 11) is 0. The van der Waals surface area contributed by atoms with E-state index in [9.17, 15) is 5.21 Å². The van der Waals surface area contributed by atoms with Crippen LogP contribution in [0, 0.1) is 10.6 Å². The Balaban J connectivity index is 1.98. The van der Waals surface area contributed by atoms with E-state index in [1.807, 2.05) is 51.1 Å². The Kier molecular flexibility index (Phi) is 3.88. The summed E-state index contributed by atoms with van der Waals surface area (Å²) in [5.74, 6) is -0.606. The molecular weight excluding hydrogens is 290 g/mol. The first-order chi connectivity index (χ1) is 10.5. The Morgan fingerprint density at radius 2 is 1.65 bits per heavy atom. The highest BCUT2D eigenvalue weighted by Gasteiger charge is 2.65. The zero-order valence-electron chi connectivity index (χ0n) is 15.1. The molecule has 2 aliphatic heterocycles. The average molecular weight is 319 g/mol. The van der Waals surface area contributed by atoms with Gasteiger partial charge >= 0.3 is 0 Å². The number of hydrogen-bond acceptors (Lipinski definition) is 3. The molecule has 0 amide bonds. The number of hydroxylamine groups is 3. The molecular formula is C19H29NO3. The van der Waals surface area contributed by atoms with E-state index in [4.69, 9.17) is 9.47 Å². The number of likely N-dealkylation sites (tertiary alicyclic amines) is 1. The van der Waals surface area contributed by atoms with Crippen molar-refractivity contribution in [3.63, 3.8) is 0 Å². The maximum absolute atomic E-state index is 14.0. The summed E-state index contributed by atoms with van der Waals surface area (Å²) >= 11 is 0. The highest BCUT2D eigenvalue weighted by molar-refractivity contribution is 5.14. The van der Waals surface area contributed by atoms with E-state index in [0.717, 1.165) is 5.56 Å². The molecule has 2 fully saturated rings. The van der Waals surface area contributed by atoms with Crippen molar-refractivity contribution in [3.8, 4) is 0 Å². The van der Waals surface area contributed by atoms with Gasteiger partial charge in [0.15, 0.2) is 5.79 Å². The van der Waals surface area contributed by atoms with Crippen molar-refractivity contribution in [2.24, 2.45) is 5.41 Å². The molecule has 0 aromatic heterocycles. The summed E-state index contributed by atoms with van der Waals surface area (Å²) in [6.45, 7) is 12.8. The molecule has 2 saturated heterocycles. The van der Waals surface area contributed by atoms with E-state index in [2.05, 4.69) is 20.8 Å². The summed E-state index contributed by atoms with van der Waals surface area (Å²) in [6.07, 6.45) is -0.295. The van der Waals surface area contributed by atoms with Crippen molar-refractivity contribution < 1.29 is 14.1 Å². The lowest BCUT2D eigenvalue weighted by Gasteiger charge is -2.53. The fourth-order valence-electron chi connectivity index (χ4n) is 4.44. The summed E-state index contributed by atoms with van der Waals surface area (Å²) in [5.41, 5.74) is 0.913. The van der Waals surface area contributed by atoms with E-state index in [0.29, 0.717) is 6.54 Å². The van der Waals surface area contributed by atoms with Crippen LogP contribution in [-0.2, 0) is 16.0 Å². The molecule has 0 radical (unpaired) electrons. The van der Waals surface area contributed by atoms with Crippen molar-refractivity contribution >= 4 is 0 Å². The van der Waals surface area contributed by atoms with Gasteiger partial charge in [-0.1, -0.05) is 51.1 Å². The third-order valence-electron chi connectivity index (χ3n) is 5.27. The third kappa shape index (κ3) is 2.82. The maximum Gasteiger partial charge on any atom is 0.164 e. The minimum absolute atomic E-state index is 0.143. The Labute approximate surface area is 139 Å². The van der Waals surface area contributed by atoms with Crippen LogP contribution < -0.4 is 0 Å². The predicted octanol–water partition coefficient (Wildman–Crippen LogP) is 3.84. The van der Waals surface area contributed by atoms with Crippen molar-refractivity contribution in [1.82, 2.24) is 0 Å². The SMILES string of the molecule is C[C@@H]1[C@H]2OC(C)(C)O[C@H]2[C@H](C(C)(C)C)[N+]1([O-])Cc1ccccc1. The molecule has 2 aliphatic rings. The number of quaternary nitrogens is 1. The van der Waals surface area contributed by atoms with E-state index in [1.165, 1.54) is 0 Å². The molecule has 2 heterocycles. The first kappa shape index (κ1) is 16.9. The Morgan fingerprint density at radius 1 is 1.09 bits per heavy atom. The zero-order valence-corrected chi connectivity index (χ0v) is 15.1. The van der Waals surface area contributed by atoms with E-state index >= 15 is 0 Å². The minimum Gasteiger partial charge on any atom is -0.632 e. The van der Waals surface area contributed by atoms with Crippen molar-refractivity contribution in [2.45, 2.75) is 78.2 Å². The van der Waals surface area contributed by atoms with Crippen molar-refractivity contribution in [1.29, 1.82) is 0 Å². The number of ether oxygens (including phenoxy) is 2. The average Bonchev–Trinajstić information content (AvgIpc) is 2.81. The Bertz CT molecular complexity index is 566. The molecule has 4 heteroatoms. The topological polar surface area (TPSA) is 41.5 Å². The highest BCUT2D eigenvalue weighted by Crippen LogP contribution is 2.50. The molecule has 23 heavy (non-hydrogen) atoms. The predicted molar refractivity (Wildman–Crippen MR) is 90.3 cm³/mol. The number of hydrogen-bond donors (Lipinski definition) is 0. The largest absolute Gasteiger partial charge is 0.632 e. The van der Waals surface area contributed by atoms with Crippen LogP contribution in [0.1, 0.15) is 47.1 Å². The van der Waals surface area contributed by atoms with Gasteiger partial charge in [-0.05, 0) is 20.8 Å². The molecule has 0 aliphatic carbocycles. The minimum atomic E-state index is -0.606. The number of rotatable bonds is 2. The first-order valence-electron chi connectivity index (χ1n) is 8.53. The second kappa shape index (κ2) is 5.28. The first-order valence-corrected chi connectivity index (χ1v) is 8.53. The molecule has 0 spiro atoms. The molecule has 0 saturated carbocycles. The van der Waals surface area contributed by atoms with Gasteiger partial charge in [0.25, 0.3) is 0 Å². The molecule has 4 nitrogen and oxygen atoms in total. The van der Waals surface area contributed by atoms with Gasteiger partial charge in [-0.15, -0.1) is 0 Å². The summed E-state index contributed by atoms with van der Waals surface area (Å²) < 4.78 is 12.0. The lowest BCUT2D eigenvalue weighted by atomic mass is 9.83. The fraction of sp³-hybridized carbons (Fsp3) is 0.684. The summed E-state index contributed by atoms with van der Waals surface area (Å²) in [4.78, 5) is 0. The molecule has 1 aromatic rings. The van der Waals surface area contributed by atoms with Crippen LogP contribution in [0.15, 0.2) is 30.3 Å². The molecule has 0 bridgehead atoms. The molecule has 0 N–H and O–H groups in total. The van der Waals surface area contributed by atoms with Gasteiger partial charge in [0.1, 0.15) is 30.8 Å². The lowest BCUT2D eigenvalue weighted by molar-refractivity contribution is -0.937. The quantitative estimate of drug-likeness (QED) is 0.614. The zero-order chi connectivity index (χ0) is 17.0. The molecule has 1 unspecified atom stereocenters. The van der Waals surface area contributed by atoms with Crippen LogP contribution in [0.2, 0.25) is 0 Å². The van der Waals surface area contributed by atoms with Gasteiger partial charge in [-0.25, -0.2) is 0 Å². The highest BCUT2D eigenvalue weighted by atomic mass is 16.8. The molecule has 5 atom stereocenters. The third-order valence-corrected chi connectivity index (χ3v) is 5.27. The maximum atomic E-state index is 14.0. The number of benzene rings is 1. The van der Waals surface area contributed by atoms with E-state index < -0.39 is 5.79 Å². The van der Waals surface area contributed by atoms with Crippen LogP contribution in [0.4, 0.5) is 0 Å². The summed E-state index contributed by atoms with van der Waals surface area (Å²) in [5, 5.41) is 14.0. The number of fused-ring (bicyclic) bond motifs is 1. The monoisotopic (exact) mass is 319 g/mol.